The molecule has 1 fully saturated rings. The Labute approximate surface area is 211 Å². The van der Waals surface area contributed by atoms with Crippen molar-refractivity contribution >= 4 is 40.4 Å². The maximum Gasteiger partial charge on any atom is 0.177 e. The van der Waals surface area contributed by atoms with E-state index in [0.717, 1.165) is 31.3 Å². The van der Waals surface area contributed by atoms with Crippen LogP contribution in [0.5, 0.6) is 5.75 Å². The van der Waals surface area contributed by atoms with E-state index in [0.29, 0.717) is 12.0 Å². The third-order valence-corrected chi connectivity index (χ3v) is 6.44. The summed E-state index contributed by atoms with van der Waals surface area (Å²) in [4.78, 5) is 10.5. The first kappa shape index (κ1) is 24.7. The van der Waals surface area contributed by atoms with Gasteiger partial charge in [-0.15, -0.1) is 0 Å². The lowest BCUT2D eigenvalue weighted by atomic mass is 10.0. The number of anilines is 2. The lowest BCUT2D eigenvalue weighted by Gasteiger charge is -2.24. The van der Waals surface area contributed by atoms with Crippen LogP contribution < -0.4 is 21.1 Å². The molecule has 3 heterocycles. The number of nitrogen functional groups attached to an aromatic ring is 1. The summed E-state index contributed by atoms with van der Waals surface area (Å²) in [5, 5.41) is 18.0. The highest BCUT2D eigenvalue weighted by Gasteiger charge is 2.26. The minimum Gasteiger partial charge on any atom is -0.468 e. The number of hydrogen-bond donors (Lipinski definition) is 3. The summed E-state index contributed by atoms with van der Waals surface area (Å²) >= 11 is 12.2. The van der Waals surface area contributed by atoms with Gasteiger partial charge in [-0.1, -0.05) is 23.2 Å². The molecule has 2 aromatic heterocycles. The summed E-state index contributed by atoms with van der Waals surface area (Å²) < 4.78 is 20.2. The largest absolute Gasteiger partial charge is 0.468 e. The Bertz CT molecular complexity index is 1280. The number of rotatable bonds is 7. The second-order valence-corrected chi connectivity index (χ2v) is 8.87. The average Bonchev–Trinajstić information content (AvgIpc) is 3.29. The van der Waals surface area contributed by atoms with Crippen molar-refractivity contribution in [2.24, 2.45) is 5.73 Å². The van der Waals surface area contributed by atoms with Crippen molar-refractivity contribution in [3.8, 4) is 11.8 Å². The summed E-state index contributed by atoms with van der Waals surface area (Å²) in [5.41, 5.74) is 13.2. The quantitative estimate of drug-likeness (QED) is 0.233. The van der Waals surface area contributed by atoms with E-state index in [1.165, 1.54) is 18.5 Å². The number of nitrogens with one attached hydrogen (secondary N) is 1. The van der Waals surface area contributed by atoms with Gasteiger partial charge in [-0.2, -0.15) is 5.26 Å². The van der Waals surface area contributed by atoms with Crippen molar-refractivity contribution in [3.63, 3.8) is 0 Å². The monoisotopic (exact) mass is 513 g/mol. The van der Waals surface area contributed by atoms with Gasteiger partial charge in [0, 0.05) is 59.6 Å². The van der Waals surface area contributed by atoms with E-state index in [4.69, 9.17) is 50.1 Å². The summed E-state index contributed by atoms with van der Waals surface area (Å²) in [6.07, 6.45) is 5.47. The molecule has 180 valence electrons. The van der Waals surface area contributed by atoms with Gasteiger partial charge in [-0.05, 0) is 31.0 Å². The standard InChI is InChI=1S/C24H22Cl2FN7O/c25-16-11-32-12-17(26)22(16)24(31)35-20-8-15(19(29)9-18(20)27)23(30)13-3-4-21(33-10-13)34-7-1-2-14(34)5-6-28/h3-4,8-12,14,24,30H,1-2,5,7,29,31H2/t14-,24+/m1/s1. The Morgan fingerprint density at radius 3 is 2.69 bits per heavy atom. The molecule has 0 radical (unpaired) electrons. The maximum absolute atomic E-state index is 14.6. The average molecular weight is 514 g/mol. The first-order valence-electron chi connectivity index (χ1n) is 10.8. The van der Waals surface area contributed by atoms with Crippen molar-refractivity contribution in [2.45, 2.75) is 31.5 Å². The van der Waals surface area contributed by atoms with Crippen LogP contribution in [0.3, 0.4) is 0 Å². The molecule has 5 N–H and O–H groups in total. The van der Waals surface area contributed by atoms with Gasteiger partial charge in [0.15, 0.2) is 17.8 Å². The Kier molecular flexibility index (Phi) is 7.36. The highest BCUT2D eigenvalue weighted by atomic mass is 35.5. The van der Waals surface area contributed by atoms with Crippen LogP contribution in [0.25, 0.3) is 0 Å². The molecule has 4 rings (SSSR count). The topological polar surface area (TPSA) is 138 Å². The number of halogens is 3. The molecule has 0 aliphatic carbocycles. The fraction of sp³-hybridized carbons (Fsp3) is 0.250. The predicted molar refractivity (Wildman–Crippen MR) is 133 cm³/mol. The molecule has 11 heteroatoms. The van der Waals surface area contributed by atoms with Crippen LogP contribution in [-0.4, -0.2) is 28.3 Å². The second kappa shape index (κ2) is 10.4. The fourth-order valence-electron chi connectivity index (χ4n) is 4.08. The molecule has 0 spiro atoms. The number of nitrogens with two attached hydrogens (primary N) is 2. The number of nitrogens with zero attached hydrogens (tertiary/aromatic N) is 4. The molecule has 0 saturated carbocycles. The van der Waals surface area contributed by atoms with Crippen molar-refractivity contribution in [3.05, 3.63) is 75.4 Å². The van der Waals surface area contributed by atoms with E-state index in [9.17, 15) is 4.39 Å². The van der Waals surface area contributed by atoms with Gasteiger partial charge in [0.1, 0.15) is 5.82 Å². The van der Waals surface area contributed by atoms with Crippen LogP contribution >= 0.6 is 23.2 Å². The van der Waals surface area contributed by atoms with Crippen LogP contribution in [0, 0.1) is 22.6 Å². The van der Waals surface area contributed by atoms with Crippen LogP contribution in [0.15, 0.2) is 42.9 Å². The van der Waals surface area contributed by atoms with Crippen molar-refractivity contribution in [2.75, 3.05) is 17.2 Å². The molecule has 8 nitrogen and oxygen atoms in total. The van der Waals surface area contributed by atoms with E-state index in [1.807, 2.05) is 0 Å². The molecular formula is C24H22Cl2FN7O. The molecule has 35 heavy (non-hydrogen) atoms. The highest BCUT2D eigenvalue weighted by molar-refractivity contribution is 6.35. The van der Waals surface area contributed by atoms with Crippen LogP contribution in [-0.2, 0) is 0 Å². The minimum absolute atomic E-state index is 0.0370. The molecule has 1 aliphatic rings. The minimum atomic E-state index is -1.18. The van der Waals surface area contributed by atoms with Gasteiger partial charge in [0.05, 0.1) is 28.2 Å². The second-order valence-electron chi connectivity index (χ2n) is 8.06. The van der Waals surface area contributed by atoms with E-state index in [-0.39, 0.29) is 44.4 Å². The zero-order valence-corrected chi connectivity index (χ0v) is 20.0. The number of hydrogen-bond acceptors (Lipinski definition) is 8. The van der Waals surface area contributed by atoms with E-state index in [1.54, 1.807) is 18.3 Å². The van der Waals surface area contributed by atoms with Gasteiger partial charge < -0.3 is 15.4 Å². The first-order valence-corrected chi connectivity index (χ1v) is 11.5. The van der Waals surface area contributed by atoms with Gasteiger partial charge >= 0.3 is 0 Å². The first-order chi connectivity index (χ1) is 16.8. The summed E-state index contributed by atoms with van der Waals surface area (Å²) in [5.74, 6) is -0.217. The number of pyridine rings is 2. The third kappa shape index (κ3) is 5.15. The van der Waals surface area contributed by atoms with E-state index < -0.39 is 12.0 Å². The maximum atomic E-state index is 14.6. The summed E-state index contributed by atoms with van der Waals surface area (Å²) in [7, 11) is 0. The molecule has 1 aromatic carbocycles. The van der Waals surface area contributed by atoms with Gasteiger partial charge in [-0.3, -0.25) is 16.1 Å². The van der Waals surface area contributed by atoms with Crippen LogP contribution in [0.2, 0.25) is 10.0 Å². The summed E-state index contributed by atoms with van der Waals surface area (Å²) in [6.45, 7) is 0.827. The zero-order chi connectivity index (χ0) is 25.1. The third-order valence-electron chi connectivity index (χ3n) is 5.84. The molecule has 0 unspecified atom stereocenters. The van der Waals surface area contributed by atoms with Crippen LogP contribution in [0.4, 0.5) is 15.9 Å². The normalized spacial score (nSPS) is 16.1. The highest BCUT2D eigenvalue weighted by Crippen LogP contribution is 2.33. The van der Waals surface area contributed by atoms with Gasteiger partial charge in [0.25, 0.3) is 0 Å². The lowest BCUT2D eigenvalue weighted by Crippen LogP contribution is -2.29. The molecule has 0 amide bonds. The Hall–Kier alpha value is -3.45. The number of benzene rings is 1. The van der Waals surface area contributed by atoms with E-state index >= 15 is 0 Å². The van der Waals surface area contributed by atoms with Crippen molar-refractivity contribution < 1.29 is 9.13 Å². The lowest BCUT2D eigenvalue weighted by molar-refractivity contribution is 0.204. The smallest absolute Gasteiger partial charge is 0.177 e. The predicted octanol–water partition coefficient (Wildman–Crippen LogP) is 4.84. The fourth-order valence-corrected chi connectivity index (χ4v) is 4.66. The Balaban J connectivity index is 1.58. The summed E-state index contributed by atoms with van der Waals surface area (Å²) in [6, 6.07) is 8.29. The van der Waals surface area contributed by atoms with E-state index in [2.05, 4.69) is 20.9 Å². The van der Waals surface area contributed by atoms with Crippen LogP contribution in [0.1, 0.15) is 42.2 Å². The van der Waals surface area contributed by atoms with Gasteiger partial charge in [-0.25, -0.2) is 9.37 Å². The zero-order valence-electron chi connectivity index (χ0n) is 18.5. The number of nitriles is 1. The van der Waals surface area contributed by atoms with Gasteiger partial charge in [0.2, 0.25) is 0 Å². The molecular weight excluding hydrogens is 492 g/mol. The van der Waals surface area contributed by atoms with Crippen molar-refractivity contribution in [1.29, 1.82) is 10.7 Å². The molecule has 1 saturated heterocycles. The number of aromatic nitrogens is 2. The van der Waals surface area contributed by atoms with Crippen molar-refractivity contribution in [1.82, 2.24) is 9.97 Å². The molecule has 3 aromatic rings. The Morgan fingerprint density at radius 2 is 2.03 bits per heavy atom. The SMILES string of the molecule is N#CC[C@H]1CCCN1c1ccc(C(=N)c2cc(O[C@H](N)c3c(Cl)cncc3Cl)c(F)cc2N)cn1. The number of ether oxygens (including phenoxy) is 1. The molecule has 0 bridgehead atoms. The Morgan fingerprint density at radius 1 is 1.29 bits per heavy atom. The molecule has 1 aliphatic heterocycles. The molecule has 2 atom stereocenters.